The van der Waals surface area contributed by atoms with Crippen molar-refractivity contribution in [3.8, 4) is 5.75 Å². The predicted molar refractivity (Wildman–Crippen MR) is 79.8 cm³/mol. The molecule has 0 aliphatic carbocycles. The van der Waals surface area contributed by atoms with Crippen LogP contribution in [0.1, 0.15) is 26.3 Å². The van der Waals surface area contributed by atoms with Crippen LogP contribution in [0, 0.1) is 0 Å². The molecule has 0 saturated carbocycles. The van der Waals surface area contributed by atoms with Gasteiger partial charge in [0.05, 0.1) is 7.11 Å². The predicted octanol–water partition coefficient (Wildman–Crippen LogP) is 2.31. The van der Waals surface area contributed by atoms with Gasteiger partial charge >= 0.3 is 0 Å². The van der Waals surface area contributed by atoms with Crippen LogP contribution in [-0.2, 0) is 6.42 Å². The molecule has 1 unspecified atom stereocenters. The zero-order chi connectivity index (χ0) is 13.9. The molecule has 106 valence electrons. The Labute approximate surface area is 116 Å². The fourth-order valence-electron chi connectivity index (χ4n) is 2.63. The molecule has 0 aromatic heterocycles. The van der Waals surface area contributed by atoms with Crippen molar-refractivity contribution in [3.05, 3.63) is 29.8 Å². The normalized spacial score (nSPS) is 23.3. The summed E-state index contributed by atoms with van der Waals surface area (Å²) in [6, 6.07) is 9.00. The Balaban J connectivity index is 1.92. The first kappa shape index (κ1) is 14.4. The molecule has 2 rings (SSSR count). The van der Waals surface area contributed by atoms with Crippen LogP contribution < -0.4 is 10.1 Å². The lowest BCUT2D eigenvalue weighted by atomic mass is 9.97. The van der Waals surface area contributed by atoms with Gasteiger partial charge in [-0.15, -0.1) is 0 Å². The summed E-state index contributed by atoms with van der Waals surface area (Å²) in [4.78, 5) is 2.60. The summed E-state index contributed by atoms with van der Waals surface area (Å²) in [5, 5.41) is 3.56. The molecule has 0 amide bonds. The molecule has 1 N–H and O–H groups in total. The van der Waals surface area contributed by atoms with Crippen LogP contribution in [0.5, 0.6) is 5.75 Å². The van der Waals surface area contributed by atoms with Crippen LogP contribution in [0.2, 0.25) is 0 Å². The molecular weight excluding hydrogens is 236 g/mol. The number of benzene rings is 1. The molecule has 1 aromatic rings. The largest absolute Gasteiger partial charge is 0.497 e. The second-order valence-corrected chi connectivity index (χ2v) is 6.14. The van der Waals surface area contributed by atoms with Crippen molar-refractivity contribution >= 4 is 0 Å². The van der Waals surface area contributed by atoms with Crippen LogP contribution in [0.3, 0.4) is 0 Å². The minimum atomic E-state index is 0.249. The van der Waals surface area contributed by atoms with Crippen LogP contribution >= 0.6 is 0 Å². The lowest BCUT2D eigenvalue weighted by Gasteiger charge is -2.45. The Morgan fingerprint density at radius 3 is 2.63 bits per heavy atom. The summed E-state index contributed by atoms with van der Waals surface area (Å²) in [6.45, 7) is 10.2. The Morgan fingerprint density at radius 2 is 2.00 bits per heavy atom. The van der Waals surface area contributed by atoms with Gasteiger partial charge in [0.15, 0.2) is 0 Å². The maximum Gasteiger partial charge on any atom is 0.118 e. The van der Waals surface area contributed by atoms with Crippen molar-refractivity contribution in [1.29, 1.82) is 0 Å². The quantitative estimate of drug-likeness (QED) is 0.901. The van der Waals surface area contributed by atoms with Gasteiger partial charge in [-0.1, -0.05) is 12.1 Å². The van der Waals surface area contributed by atoms with Gasteiger partial charge in [-0.25, -0.2) is 0 Å². The van der Waals surface area contributed by atoms with Gasteiger partial charge in [0.25, 0.3) is 0 Å². The Kier molecular flexibility index (Phi) is 4.48. The standard InChI is InChI=1S/C16H26N2O/c1-13-11-18(16(2,3)12-17-13)10-9-14-5-7-15(19-4)8-6-14/h5-8,13,17H,9-12H2,1-4H3. The number of nitrogens with one attached hydrogen (secondary N) is 1. The first-order chi connectivity index (χ1) is 9.01. The van der Waals surface area contributed by atoms with Gasteiger partial charge in [-0.2, -0.15) is 0 Å². The van der Waals surface area contributed by atoms with Gasteiger partial charge in [0, 0.05) is 31.2 Å². The topological polar surface area (TPSA) is 24.5 Å². The van der Waals surface area contributed by atoms with Gasteiger partial charge in [0.2, 0.25) is 0 Å². The molecule has 0 bridgehead atoms. The van der Waals surface area contributed by atoms with Crippen LogP contribution in [0.15, 0.2) is 24.3 Å². The number of nitrogens with zero attached hydrogens (tertiary/aromatic N) is 1. The van der Waals surface area contributed by atoms with Crippen LogP contribution in [-0.4, -0.2) is 43.2 Å². The molecule has 1 aliphatic rings. The molecule has 1 fully saturated rings. The number of hydrogen-bond donors (Lipinski definition) is 1. The highest BCUT2D eigenvalue weighted by atomic mass is 16.5. The van der Waals surface area contributed by atoms with E-state index in [1.807, 2.05) is 12.1 Å². The van der Waals surface area contributed by atoms with E-state index < -0.39 is 0 Å². The zero-order valence-electron chi connectivity index (χ0n) is 12.6. The Hall–Kier alpha value is -1.06. The van der Waals surface area contributed by atoms with Crippen molar-refractivity contribution in [1.82, 2.24) is 10.2 Å². The molecule has 1 aliphatic heterocycles. The monoisotopic (exact) mass is 262 g/mol. The average molecular weight is 262 g/mol. The van der Waals surface area contributed by atoms with Crippen LogP contribution in [0.4, 0.5) is 0 Å². The smallest absolute Gasteiger partial charge is 0.118 e. The number of methoxy groups -OCH3 is 1. The van der Waals surface area contributed by atoms with Gasteiger partial charge in [-0.05, 0) is 44.9 Å². The molecule has 1 atom stereocenters. The summed E-state index contributed by atoms with van der Waals surface area (Å²) < 4.78 is 5.19. The third kappa shape index (κ3) is 3.71. The lowest BCUT2D eigenvalue weighted by molar-refractivity contribution is 0.0715. The molecule has 3 nitrogen and oxygen atoms in total. The maximum atomic E-state index is 5.19. The second kappa shape index (κ2) is 5.93. The third-order valence-electron chi connectivity index (χ3n) is 4.06. The van der Waals surface area contributed by atoms with Gasteiger partial charge in [-0.3, -0.25) is 4.90 Å². The number of piperazine rings is 1. The first-order valence-corrected chi connectivity index (χ1v) is 7.12. The zero-order valence-corrected chi connectivity index (χ0v) is 12.6. The fraction of sp³-hybridized carbons (Fsp3) is 0.625. The van der Waals surface area contributed by atoms with E-state index in [0.717, 1.165) is 31.8 Å². The number of ether oxygens (including phenoxy) is 1. The van der Waals surface area contributed by atoms with Crippen molar-refractivity contribution < 1.29 is 4.74 Å². The van der Waals surface area contributed by atoms with E-state index in [1.165, 1.54) is 5.56 Å². The van der Waals surface area contributed by atoms with E-state index >= 15 is 0 Å². The maximum absolute atomic E-state index is 5.19. The molecule has 3 heteroatoms. The third-order valence-corrected chi connectivity index (χ3v) is 4.06. The van der Waals surface area contributed by atoms with E-state index in [0.29, 0.717) is 6.04 Å². The van der Waals surface area contributed by atoms with E-state index in [4.69, 9.17) is 4.74 Å². The fourth-order valence-corrected chi connectivity index (χ4v) is 2.63. The molecule has 0 radical (unpaired) electrons. The van der Waals surface area contributed by atoms with E-state index in [9.17, 15) is 0 Å². The van der Waals surface area contributed by atoms with Crippen LogP contribution in [0.25, 0.3) is 0 Å². The van der Waals surface area contributed by atoms with E-state index in [2.05, 4.69) is 43.1 Å². The summed E-state index contributed by atoms with van der Waals surface area (Å²) in [5.74, 6) is 0.930. The summed E-state index contributed by atoms with van der Waals surface area (Å²) in [5.41, 5.74) is 1.63. The van der Waals surface area contributed by atoms with Crippen molar-refractivity contribution in [2.75, 3.05) is 26.7 Å². The molecule has 1 saturated heterocycles. The SMILES string of the molecule is COc1ccc(CCN2CC(C)NCC2(C)C)cc1. The van der Waals surface area contributed by atoms with Crippen molar-refractivity contribution in [3.63, 3.8) is 0 Å². The molecule has 1 aromatic carbocycles. The average Bonchev–Trinajstić information content (AvgIpc) is 2.40. The highest BCUT2D eigenvalue weighted by molar-refractivity contribution is 5.27. The first-order valence-electron chi connectivity index (χ1n) is 7.12. The highest BCUT2D eigenvalue weighted by Crippen LogP contribution is 2.19. The Bertz CT molecular complexity index is 400. The molecular formula is C16H26N2O. The summed E-state index contributed by atoms with van der Waals surface area (Å²) >= 11 is 0. The number of hydrogen-bond acceptors (Lipinski definition) is 3. The molecule has 19 heavy (non-hydrogen) atoms. The summed E-state index contributed by atoms with van der Waals surface area (Å²) in [7, 11) is 1.71. The lowest BCUT2D eigenvalue weighted by Crippen LogP contribution is -2.61. The van der Waals surface area contributed by atoms with Crippen molar-refractivity contribution in [2.24, 2.45) is 0 Å². The summed E-state index contributed by atoms with van der Waals surface area (Å²) in [6.07, 6.45) is 1.10. The molecule has 1 heterocycles. The molecule has 0 spiro atoms. The van der Waals surface area contributed by atoms with E-state index in [1.54, 1.807) is 7.11 Å². The number of rotatable bonds is 4. The van der Waals surface area contributed by atoms with Gasteiger partial charge in [0.1, 0.15) is 5.75 Å². The second-order valence-electron chi connectivity index (χ2n) is 6.14. The minimum Gasteiger partial charge on any atom is -0.497 e. The van der Waals surface area contributed by atoms with Gasteiger partial charge < -0.3 is 10.1 Å². The minimum absolute atomic E-state index is 0.249. The highest BCUT2D eigenvalue weighted by Gasteiger charge is 2.31. The Morgan fingerprint density at radius 1 is 1.32 bits per heavy atom. The van der Waals surface area contributed by atoms with Crippen molar-refractivity contribution in [2.45, 2.75) is 38.8 Å². The van der Waals surface area contributed by atoms with E-state index in [-0.39, 0.29) is 5.54 Å².